The number of amides is 1. The molecule has 106 valence electrons. The van der Waals surface area contributed by atoms with Crippen LogP contribution in [-0.2, 0) is 4.79 Å². The van der Waals surface area contributed by atoms with Crippen LogP contribution >= 0.6 is 0 Å². The Bertz CT molecular complexity index is 636. The topological polar surface area (TPSA) is 105 Å². The van der Waals surface area contributed by atoms with Crippen LogP contribution in [0.3, 0.4) is 0 Å². The Hall–Kier alpha value is -2.44. The average molecular weight is 277 g/mol. The number of hydrogen-bond donors (Lipinski definition) is 2. The second kappa shape index (κ2) is 6.14. The quantitative estimate of drug-likeness (QED) is 0.775. The lowest BCUT2D eigenvalue weighted by atomic mass is 10.2. The van der Waals surface area contributed by atoms with E-state index in [1.54, 1.807) is 13.0 Å². The molecule has 0 aliphatic rings. The summed E-state index contributed by atoms with van der Waals surface area (Å²) in [5, 5.41) is 15.7. The molecule has 0 unspecified atom stereocenters. The Balaban J connectivity index is 1.90. The highest BCUT2D eigenvalue weighted by molar-refractivity contribution is 5.96. The van der Waals surface area contributed by atoms with Gasteiger partial charge in [-0.15, -0.1) is 0 Å². The summed E-state index contributed by atoms with van der Waals surface area (Å²) >= 11 is 0. The number of pyridine rings is 1. The van der Waals surface area contributed by atoms with Crippen LogP contribution in [0.25, 0.3) is 11.1 Å². The van der Waals surface area contributed by atoms with Crippen molar-refractivity contribution in [3.63, 3.8) is 0 Å². The predicted molar refractivity (Wildman–Crippen MR) is 70.4 cm³/mol. The number of aryl methyl sites for hydroxylation is 1. The van der Waals surface area contributed by atoms with Gasteiger partial charge in [-0.3, -0.25) is 9.59 Å². The Morgan fingerprint density at radius 1 is 1.40 bits per heavy atom. The Kier molecular flexibility index (Phi) is 4.29. The van der Waals surface area contributed by atoms with E-state index in [9.17, 15) is 9.59 Å². The lowest BCUT2D eigenvalue weighted by molar-refractivity contribution is -0.137. The molecule has 7 nitrogen and oxygen atoms in total. The van der Waals surface area contributed by atoms with Crippen LogP contribution in [0.1, 0.15) is 35.3 Å². The smallest absolute Gasteiger partial charge is 0.303 e. The fourth-order valence-corrected chi connectivity index (χ4v) is 1.77. The molecule has 0 bridgehead atoms. The van der Waals surface area contributed by atoms with Crippen LogP contribution < -0.4 is 5.32 Å². The Labute approximate surface area is 115 Å². The van der Waals surface area contributed by atoms with Gasteiger partial charge in [0.1, 0.15) is 0 Å². The maximum absolute atomic E-state index is 11.9. The number of carbonyl (C=O) groups excluding carboxylic acids is 1. The van der Waals surface area contributed by atoms with Gasteiger partial charge in [0.2, 0.25) is 0 Å². The van der Waals surface area contributed by atoms with Crippen LogP contribution in [0.2, 0.25) is 0 Å². The first-order valence-electron chi connectivity index (χ1n) is 6.30. The summed E-state index contributed by atoms with van der Waals surface area (Å²) < 4.78 is 4.97. The number of carboxylic acids is 1. The zero-order chi connectivity index (χ0) is 14.5. The van der Waals surface area contributed by atoms with Gasteiger partial charge < -0.3 is 14.9 Å². The molecule has 0 aromatic carbocycles. The summed E-state index contributed by atoms with van der Waals surface area (Å²) in [4.78, 5) is 26.3. The number of aromatic nitrogens is 2. The fourth-order valence-electron chi connectivity index (χ4n) is 1.77. The first-order chi connectivity index (χ1) is 9.58. The monoisotopic (exact) mass is 277 g/mol. The first kappa shape index (κ1) is 14.0. The Morgan fingerprint density at radius 3 is 2.95 bits per heavy atom. The minimum Gasteiger partial charge on any atom is -0.481 e. The number of unbranched alkanes of at least 4 members (excludes halogenated alkanes) is 1. The second-order valence-electron chi connectivity index (χ2n) is 4.45. The van der Waals surface area contributed by atoms with E-state index in [0.717, 1.165) is 0 Å². The number of nitrogens with one attached hydrogen (secondary N) is 1. The molecule has 1 amide bonds. The number of hydrogen-bond acceptors (Lipinski definition) is 5. The lowest BCUT2D eigenvalue weighted by Crippen LogP contribution is -2.24. The largest absolute Gasteiger partial charge is 0.481 e. The van der Waals surface area contributed by atoms with Crippen molar-refractivity contribution in [1.29, 1.82) is 0 Å². The number of aliphatic carboxylic acids is 1. The lowest BCUT2D eigenvalue weighted by Gasteiger charge is -2.04. The molecule has 0 saturated carbocycles. The highest BCUT2D eigenvalue weighted by atomic mass is 16.5. The first-order valence-corrected chi connectivity index (χ1v) is 6.30. The van der Waals surface area contributed by atoms with Crippen LogP contribution in [0.4, 0.5) is 0 Å². The van der Waals surface area contributed by atoms with Gasteiger partial charge in [-0.25, -0.2) is 4.98 Å². The van der Waals surface area contributed by atoms with Gasteiger partial charge in [0.05, 0.1) is 16.6 Å². The molecule has 20 heavy (non-hydrogen) atoms. The van der Waals surface area contributed by atoms with Crippen molar-refractivity contribution in [2.24, 2.45) is 0 Å². The molecule has 0 aliphatic heterocycles. The van der Waals surface area contributed by atoms with Gasteiger partial charge in [-0.2, -0.15) is 0 Å². The molecule has 0 aliphatic carbocycles. The minimum absolute atomic E-state index is 0.114. The van der Waals surface area contributed by atoms with Gasteiger partial charge in [0.25, 0.3) is 11.6 Å². The van der Waals surface area contributed by atoms with Gasteiger partial charge in [0, 0.05) is 19.2 Å². The van der Waals surface area contributed by atoms with Crippen LogP contribution in [-0.4, -0.2) is 33.7 Å². The third-order valence-corrected chi connectivity index (χ3v) is 2.88. The van der Waals surface area contributed by atoms with Crippen LogP contribution in [0.5, 0.6) is 0 Å². The molecule has 2 heterocycles. The molecule has 0 saturated heterocycles. The SMILES string of the molecule is Cc1noc2ncc(C(=O)NCCCCC(=O)O)cc12. The Morgan fingerprint density at radius 2 is 2.20 bits per heavy atom. The van der Waals surface area contributed by atoms with Crippen molar-refractivity contribution >= 4 is 23.0 Å². The molecule has 2 N–H and O–H groups in total. The molecule has 0 radical (unpaired) electrons. The van der Waals surface area contributed by atoms with E-state index < -0.39 is 5.97 Å². The number of carbonyl (C=O) groups is 2. The highest BCUT2D eigenvalue weighted by Crippen LogP contribution is 2.16. The van der Waals surface area contributed by atoms with E-state index in [-0.39, 0.29) is 12.3 Å². The molecule has 0 spiro atoms. The third kappa shape index (κ3) is 3.31. The number of carboxylic acid groups (broad SMARTS) is 1. The molecular weight excluding hydrogens is 262 g/mol. The van der Waals surface area contributed by atoms with E-state index in [2.05, 4.69) is 15.5 Å². The van der Waals surface area contributed by atoms with Gasteiger partial charge in [0.15, 0.2) is 0 Å². The summed E-state index contributed by atoms with van der Waals surface area (Å²) in [6.07, 6.45) is 2.71. The molecule has 0 fully saturated rings. The number of fused-ring (bicyclic) bond motifs is 1. The predicted octanol–water partition coefficient (Wildman–Crippen LogP) is 1.52. The summed E-state index contributed by atoms with van der Waals surface area (Å²) in [5.41, 5.74) is 1.52. The van der Waals surface area contributed by atoms with Crippen LogP contribution in [0, 0.1) is 6.92 Å². The van der Waals surface area contributed by atoms with E-state index in [4.69, 9.17) is 9.63 Å². The van der Waals surface area contributed by atoms with E-state index in [0.29, 0.717) is 41.7 Å². The summed E-state index contributed by atoms with van der Waals surface area (Å²) in [7, 11) is 0. The average Bonchev–Trinajstić information content (AvgIpc) is 2.79. The van der Waals surface area contributed by atoms with Crippen molar-refractivity contribution in [1.82, 2.24) is 15.5 Å². The number of nitrogens with zero attached hydrogens (tertiary/aromatic N) is 2. The van der Waals surface area contributed by atoms with E-state index >= 15 is 0 Å². The van der Waals surface area contributed by atoms with E-state index in [1.165, 1.54) is 6.20 Å². The summed E-state index contributed by atoms with van der Waals surface area (Å²) in [6, 6.07) is 1.68. The minimum atomic E-state index is -0.825. The molecular formula is C13H15N3O4. The van der Waals surface area contributed by atoms with Crippen molar-refractivity contribution in [2.75, 3.05) is 6.54 Å². The summed E-state index contributed by atoms with van der Waals surface area (Å²) in [6.45, 7) is 2.22. The van der Waals surface area contributed by atoms with Crippen molar-refractivity contribution in [3.05, 3.63) is 23.5 Å². The maximum atomic E-state index is 11.9. The maximum Gasteiger partial charge on any atom is 0.303 e. The molecule has 7 heteroatoms. The van der Waals surface area contributed by atoms with Crippen molar-refractivity contribution < 1.29 is 19.2 Å². The fraction of sp³-hybridized carbons (Fsp3) is 0.385. The van der Waals surface area contributed by atoms with Crippen LogP contribution in [0.15, 0.2) is 16.8 Å². The van der Waals surface area contributed by atoms with Gasteiger partial charge in [-0.1, -0.05) is 5.16 Å². The molecule has 2 aromatic rings. The highest BCUT2D eigenvalue weighted by Gasteiger charge is 2.11. The normalized spacial score (nSPS) is 10.7. The zero-order valence-corrected chi connectivity index (χ0v) is 11.0. The second-order valence-corrected chi connectivity index (χ2v) is 4.45. The van der Waals surface area contributed by atoms with Crippen molar-refractivity contribution in [3.8, 4) is 0 Å². The van der Waals surface area contributed by atoms with Gasteiger partial charge >= 0.3 is 5.97 Å². The molecule has 2 rings (SSSR count). The van der Waals surface area contributed by atoms with E-state index in [1.807, 2.05) is 0 Å². The van der Waals surface area contributed by atoms with Gasteiger partial charge in [-0.05, 0) is 25.8 Å². The standard InChI is InChI=1S/C13H15N3O4/c1-8-10-6-9(7-15-13(10)20-16-8)12(19)14-5-3-2-4-11(17)18/h6-7H,2-5H2,1H3,(H,14,19)(H,17,18). The molecule has 0 atom stereocenters. The zero-order valence-electron chi connectivity index (χ0n) is 11.0. The number of rotatable bonds is 6. The summed E-state index contributed by atoms with van der Waals surface area (Å²) in [5.74, 6) is -1.07. The van der Waals surface area contributed by atoms with Crippen molar-refractivity contribution in [2.45, 2.75) is 26.2 Å². The third-order valence-electron chi connectivity index (χ3n) is 2.88. The molecule has 2 aromatic heterocycles.